The summed E-state index contributed by atoms with van der Waals surface area (Å²) in [5, 5.41) is 3.36. The molecule has 1 aromatic heterocycles. The van der Waals surface area contributed by atoms with Crippen molar-refractivity contribution in [2.75, 3.05) is 71.0 Å². The van der Waals surface area contributed by atoms with E-state index in [1.165, 1.54) is 0 Å². The molecule has 0 bridgehead atoms. The normalized spacial score (nSPS) is 24.3. The first-order chi connectivity index (χ1) is 15.2. The number of morpholine rings is 1. The summed E-state index contributed by atoms with van der Waals surface area (Å²) in [5.74, 6) is 1.72. The van der Waals surface area contributed by atoms with Gasteiger partial charge in [-0.15, -0.1) is 24.0 Å². The van der Waals surface area contributed by atoms with Gasteiger partial charge in [-0.2, -0.15) is 0 Å². The second kappa shape index (κ2) is 12.5. The molecule has 0 spiro atoms. The number of aromatic nitrogens is 2. The quantitative estimate of drug-likeness (QED) is 0.319. The van der Waals surface area contributed by atoms with E-state index in [0.29, 0.717) is 32.7 Å². The molecule has 32 heavy (non-hydrogen) atoms. The maximum atomic E-state index is 12.7. The molecule has 11 heteroatoms. The van der Waals surface area contributed by atoms with Crippen LogP contribution in [0, 0.1) is 0 Å². The van der Waals surface area contributed by atoms with Crippen molar-refractivity contribution in [2.45, 2.75) is 31.5 Å². The molecular weight excluding hydrogens is 525 g/mol. The van der Waals surface area contributed by atoms with Gasteiger partial charge in [-0.05, 0) is 18.9 Å². The van der Waals surface area contributed by atoms with Crippen LogP contribution in [0.4, 0.5) is 5.95 Å². The Labute approximate surface area is 206 Å². The number of halogens is 1. The minimum Gasteiger partial charge on any atom is -0.375 e. The van der Waals surface area contributed by atoms with Gasteiger partial charge in [0.1, 0.15) is 6.10 Å². The predicted octanol–water partition coefficient (Wildman–Crippen LogP) is 0.589. The van der Waals surface area contributed by atoms with Crippen molar-refractivity contribution in [3.63, 3.8) is 0 Å². The molecule has 4 rings (SSSR count). The second-order valence-corrected chi connectivity index (χ2v) is 8.05. The minimum absolute atomic E-state index is 0. The Bertz CT molecular complexity index is 740. The Morgan fingerprint density at radius 3 is 2.53 bits per heavy atom. The van der Waals surface area contributed by atoms with Crippen LogP contribution in [0.15, 0.2) is 23.5 Å². The lowest BCUT2D eigenvalue weighted by Gasteiger charge is -2.37. The maximum Gasteiger partial charge on any atom is 0.225 e. The van der Waals surface area contributed by atoms with Gasteiger partial charge in [0.05, 0.1) is 12.7 Å². The van der Waals surface area contributed by atoms with E-state index in [2.05, 4.69) is 30.1 Å². The Morgan fingerprint density at radius 2 is 1.84 bits per heavy atom. The molecule has 3 aliphatic heterocycles. The molecule has 3 saturated heterocycles. The highest BCUT2D eigenvalue weighted by Crippen LogP contribution is 2.21. The van der Waals surface area contributed by atoms with Crippen LogP contribution in [0.3, 0.4) is 0 Å². The summed E-state index contributed by atoms with van der Waals surface area (Å²) >= 11 is 0. The van der Waals surface area contributed by atoms with Crippen LogP contribution < -0.4 is 10.2 Å². The third-order valence-electron chi connectivity index (χ3n) is 6.07. The van der Waals surface area contributed by atoms with Gasteiger partial charge in [0.15, 0.2) is 5.96 Å². The first kappa shape index (κ1) is 24.9. The summed E-state index contributed by atoms with van der Waals surface area (Å²) < 4.78 is 11.7. The van der Waals surface area contributed by atoms with Gasteiger partial charge >= 0.3 is 0 Å². The van der Waals surface area contributed by atoms with E-state index >= 15 is 0 Å². The van der Waals surface area contributed by atoms with Crippen molar-refractivity contribution in [2.24, 2.45) is 4.99 Å². The molecule has 0 saturated carbocycles. The number of piperazine rings is 1. The fraction of sp³-hybridized carbons (Fsp3) is 0.714. The summed E-state index contributed by atoms with van der Waals surface area (Å²) in [6, 6.07) is 1.81. The number of amides is 1. The van der Waals surface area contributed by atoms with Crippen LogP contribution in [0.5, 0.6) is 0 Å². The van der Waals surface area contributed by atoms with Gasteiger partial charge in [0, 0.05) is 78.3 Å². The first-order valence-corrected chi connectivity index (χ1v) is 11.2. The minimum atomic E-state index is 0. The summed E-state index contributed by atoms with van der Waals surface area (Å²) in [6.45, 7) is 6.51. The highest BCUT2D eigenvalue weighted by molar-refractivity contribution is 14.0. The van der Waals surface area contributed by atoms with Crippen LogP contribution >= 0.6 is 24.0 Å². The molecule has 0 radical (unpaired) electrons. The monoisotopic (exact) mass is 559 g/mol. The van der Waals surface area contributed by atoms with Crippen molar-refractivity contribution in [1.29, 1.82) is 0 Å². The van der Waals surface area contributed by atoms with Crippen molar-refractivity contribution >= 4 is 41.8 Å². The summed E-state index contributed by atoms with van der Waals surface area (Å²) in [6.07, 6.45) is 6.37. The Kier molecular flexibility index (Phi) is 9.72. The fourth-order valence-corrected chi connectivity index (χ4v) is 4.37. The number of nitrogens with one attached hydrogen (secondary N) is 1. The van der Waals surface area contributed by atoms with E-state index in [1.807, 2.05) is 11.0 Å². The van der Waals surface area contributed by atoms with Crippen molar-refractivity contribution < 1.29 is 14.3 Å². The predicted molar refractivity (Wildman–Crippen MR) is 133 cm³/mol. The maximum absolute atomic E-state index is 12.7. The number of rotatable bonds is 5. The SMILES string of the molecule is CN=C(NCCC(=O)N1CCN(c2ncccn2)CC1)N1CCOC(C2CCCO2)C1.I. The van der Waals surface area contributed by atoms with Gasteiger partial charge in [0.25, 0.3) is 0 Å². The highest BCUT2D eigenvalue weighted by atomic mass is 127. The van der Waals surface area contributed by atoms with E-state index in [0.717, 1.165) is 57.5 Å². The van der Waals surface area contributed by atoms with Crippen molar-refractivity contribution in [3.8, 4) is 0 Å². The molecule has 1 amide bonds. The number of aliphatic imine (C=N–C) groups is 1. The number of carbonyl (C=O) groups is 1. The van der Waals surface area contributed by atoms with Crippen molar-refractivity contribution in [1.82, 2.24) is 25.1 Å². The second-order valence-electron chi connectivity index (χ2n) is 8.05. The molecule has 3 fully saturated rings. The zero-order valence-corrected chi connectivity index (χ0v) is 21.0. The third-order valence-corrected chi connectivity index (χ3v) is 6.07. The molecule has 3 aliphatic rings. The lowest BCUT2D eigenvalue weighted by Crippen LogP contribution is -2.54. The van der Waals surface area contributed by atoms with Crippen LogP contribution in [0.2, 0.25) is 0 Å². The standard InChI is InChI=1S/C21H33N7O3.HI/c1-22-20(28-13-15-31-18(16-28)17-4-2-14-30-17)25-8-5-19(29)26-9-11-27(12-10-26)21-23-6-3-7-24-21;/h3,6-7,17-18H,2,4-5,8-16H2,1H3,(H,22,25);1H. The number of hydrogen-bond donors (Lipinski definition) is 1. The Morgan fingerprint density at radius 1 is 1.09 bits per heavy atom. The average Bonchev–Trinajstić information content (AvgIpc) is 3.38. The van der Waals surface area contributed by atoms with E-state index in [1.54, 1.807) is 19.4 Å². The number of anilines is 1. The Hall–Kier alpha value is -1.73. The molecule has 1 aromatic rings. The van der Waals surface area contributed by atoms with Crippen LogP contribution in [-0.2, 0) is 14.3 Å². The van der Waals surface area contributed by atoms with Gasteiger partial charge in [-0.3, -0.25) is 9.79 Å². The number of nitrogens with zero attached hydrogens (tertiary/aromatic N) is 6. The topological polar surface area (TPSA) is 95.4 Å². The molecule has 0 aromatic carbocycles. The molecule has 2 atom stereocenters. The van der Waals surface area contributed by atoms with Gasteiger partial charge in [-0.1, -0.05) is 0 Å². The average molecular weight is 559 g/mol. The summed E-state index contributed by atoms with van der Waals surface area (Å²) in [4.78, 5) is 31.9. The molecule has 4 heterocycles. The van der Waals surface area contributed by atoms with E-state index in [4.69, 9.17) is 9.47 Å². The smallest absolute Gasteiger partial charge is 0.225 e. The number of carbonyl (C=O) groups excluding carboxylic acids is 1. The highest BCUT2D eigenvalue weighted by Gasteiger charge is 2.32. The molecular formula is C21H34IN7O3. The van der Waals surface area contributed by atoms with E-state index in [9.17, 15) is 4.79 Å². The largest absolute Gasteiger partial charge is 0.375 e. The zero-order valence-electron chi connectivity index (χ0n) is 18.7. The summed E-state index contributed by atoms with van der Waals surface area (Å²) in [5.41, 5.74) is 0. The van der Waals surface area contributed by atoms with Gasteiger partial charge in [-0.25, -0.2) is 9.97 Å². The summed E-state index contributed by atoms with van der Waals surface area (Å²) in [7, 11) is 1.78. The van der Waals surface area contributed by atoms with Crippen molar-refractivity contribution in [3.05, 3.63) is 18.5 Å². The lowest BCUT2D eigenvalue weighted by atomic mass is 10.1. The Balaban J connectivity index is 0.00000289. The number of guanidine groups is 1. The van der Waals surface area contributed by atoms with Gasteiger partial charge in [0.2, 0.25) is 11.9 Å². The molecule has 10 nitrogen and oxygen atoms in total. The first-order valence-electron chi connectivity index (χ1n) is 11.2. The van der Waals surface area contributed by atoms with E-state index in [-0.39, 0.29) is 42.1 Å². The molecule has 2 unspecified atom stereocenters. The zero-order chi connectivity index (χ0) is 21.5. The molecule has 178 valence electrons. The lowest BCUT2D eigenvalue weighted by molar-refractivity contribution is -0.131. The van der Waals surface area contributed by atoms with Crippen LogP contribution in [0.25, 0.3) is 0 Å². The van der Waals surface area contributed by atoms with E-state index < -0.39 is 0 Å². The third kappa shape index (κ3) is 6.41. The van der Waals surface area contributed by atoms with Gasteiger partial charge < -0.3 is 29.5 Å². The molecule has 0 aliphatic carbocycles. The van der Waals surface area contributed by atoms with Crippen LogP contribution in [-0.4, -0.2) is 110 Å². The fourth-order valence-electron chi connectivity index (χ4n) is 4.37. The number of ether oxygens (including phenoxy) is 2. The molecule has 1 N–H and O–H groups in total. The number of hydrogen-bond acceptors (Lipinski definition) is 7. The van der Waals surface area contributed by atoms with Crippen LogP contribution in [0.1, 0.15) is 19.3 Å².